The fourth-order valence-corrected chi connectivity index (χ4v) is 2.70. The molecule has 9 heteroatoms. The van der Waals surface area contributed by atoms with Gasteiger partial charge in [0.15, 0.2) is 0 Å². The van der Waals surface area contributed by atoms with E-state index >= 15 is 0 Å². The van der Waals surface area contributed by atoms with Crippen LogP contribution < -0.4 is 16.0 Å². The van der Waals surface area contributed by atoms with Crippen molar-refractivity contribution in [2.75, 3.05) is 0 Å². The Morgan fingerprint density at radius 1 is 1.30 bits per heavy atom. The van der Waals surface area contributed by atoms with E-state index in [1.807, 2.05) is 0 Å². The lowest BCUT2D eigenvalue weighted by molar-refractivity contribution is -0.114. The van der Waals surface area contributed by atoms with Gasteiger partial charge in [-0.15, -0.1) is 0 Å². The summed E-state index contributed by atoms with van der Waals surface area (Å²) in [5, 5.41) is 9.69. The monoisotopic (exact) mass is 400 g/mol. The van der Waals surface area contributed by atoms with Gasteiger partial charge in [0.2, 0.25) is 5.88 Å². The van der Waals surface area contributed by atoms with Crippen molar-refractivity contribution in [3.05, 3.63) is 74.1 Å². The number of halogens is 2. The molecule has 3 aromatic rings. The lowest BCUT2D eigenvalue weighted by atomic mass is 10.2. The van der Waals surface area contributed by atoms with Crippen molar-refractivity contribution in [1.82, 2.24) is 9.38 Å². The number of benzene rings is 1. The third-order valence-corrected chi connectivity index (χ3v) is 4.04. The number of fused-ring (bicyclic) bond motifs is 1. The first-order valence-corrected chi connectivity index (χ1v) is 8.22. The third kappa shape index (κ3) is 3.77. The summed E-state index contributed by atoms with van der Waals surface area (Å²) in [5.74, 6) is -0.921. The highest BCUT2D eigenvalue weighted by atomic mass is 35.5. The summed E-state index contributed by atoms with van der Waals surface area (Å²) in [6.45, 7) is 0. The molecular weight excluding hydrogens is 391 g/mol. The van der Waals surface area contributed by atoms with Crippen molar-refractivity contribution in [2.24, 2.45) is 5.73 Å². The lowest BCUT2D eigenvalue weighted by Crippen LogP contribution is -2.20. The van der Waals surface area contributed by atoms with E-state index in [4.69, 9.17) is 38.9 Å². The topological polar surface area (TPSA) is 110 Å². The van der Waals surface area contributed by atoms with E-state index in [0.29, 0.717) is 10.7 Å². The summed E-state index contributed by atoms with van der Waals surface area (Å²) in [5.41, 5.74) is 4.38. The van der Waals surface area contributed by atoms with E-state index in [0.717, 1.165) is 6.08 Å². The van der Waals surface area contributed by atoms with Crippen molar-refractivity contribution < 1.29 is 9.53 Å². The number of hydrogen-bond acceptors (Lipinski definition) is 5. The molecule has 1 amide bonds. The second kappa shape index (κ2) is 7.50. The molecule has 0 unspecified atom stereocenters. The zero-order valence-corrected chi connectivity index (χ0v) is 15.0. The van der Waals surface area contributed by atoms with E-state index in [9.17, 15) is 9.59 Å². The first kappa shape index (κ1) is 18.5. The highest BCUT2D eigenvalue weighted by Crippen LogP contribution is 2.32. The average Bonchev–Trinajstić information content (AvgIpc) is 2.63. The van der Waals surface area contributed by atoms with Gasteiger partial charge in [0, 0.05) is 11.2 Å². The van der Waals surface area contributed by atoms with E-state index in [1.54, 1.807) is 30.3 Å². The molecule has 3 rings (SSSR count). The molecule has 2 aromatic heterocycles. The molecule has 0 atom stereocenters. The Morgan fingerprint density at radius 3 is 2.74 bits per heavy atom. The SMILES string of the molecule is N#CC(=Cc1c(Oc2ccc(Cl)cc2Cl)nc2ccccn2c1=O)C(N)=O. The Balaban J connectivity index is 2.26. The first-order chi connectivity index (χ1) is 12.9. The Hall–Kier alpha value is -3.34. The number of nitrogens with zero attached hydrogens (tertiary/aromatic N) is 3. The fraction of sp³-hybridized carbons (Fsp3) is 0. The number of rotatable bonds is 4. The first-order valence-electron chi connectivity index (χ1n) is 7.46. The number of carbonyl (C=O) groups excluding carboxylic acids is 1. The number of pyridine rings is 1. The van der Waals surface area contributed by atoms with Crippen LogP contribution in [0.3, 0.4) is 0 Å². The number of aromatic nitrogens is 2. The molecule has 2 heterocycles. The molecule has 0 fully saturated rings. The van der Waals surface area contributed by atoms with Gasteiger partial charge in [-0.3, -0.25) is 14.0 Å². The number of carbonyl (C=O) groups is 1. The largest absolute Gasteiger partial charge is 0.437 e. The Morgan fingerprint density at radius 2 is 2.07 bits per heavy atom. The van der Waals surface area contributed by atoms with Crippen LogP contribution in [-0.4, -0.2) is 15.3 Å². The number of nitriles is 1. The molecule has 7 nitrogen and oxygen atoms in total. The molecule has 0 spiro atoms. The van der Waals surface area contributed by atoms with Gasteiger partial charge < -0.3 is 10.5 Å². The van der Waals surface area contributed by atoms with Gasteiger partial charge in [-0.2, -0.15) is 10.2 Å². The summed E-state index contributed by atoms with van der Waals surface area (Å²) >= 11 is 12.0. The van der Waals surface area contributed by atoms with Gasteiger partial charge in [-0.05, 0) is 36.4 Å². The summed E-state index contributed by atoms with van der Waals surface area (Å²) in [7, 11) is 0. The Labute approximate surface area is 162 Å². The molecule has 0 bridgehead atoms. The molecule has 0 saturated heterocycles. The van der Waals surface area contributed by atoms with Gasteiger partial charge in [-0.25, -0.2) is 0 Å². The molecule has 0 aliphatic carbocycles. The molecule has 0 aliphatic heterocycles. The second-order valence-corrected chi connectivity index (χ2v) is 6.12. The van der Waals surface area contributed by atoms with E-state index in [-0.39, 0.29) is 22.2 Å². The minimum atomic E-state index is -0.981. The van der Waals surface area contributed by atoms with Crippen molar-refractivity contribution in [2.45, 2.75) is 0 Å². The average molecular weight is 401 g/mol. The number of amides is 1. The van der Waals surface area contributed by atoms with Crippen LogP contribution in [0.4, 0.5) is 0 Å². The van der Waals surface area contributed by atoms with Crippen LogP contribution in [0.2, 0.25) is 10.0 Å². The van der Waals surface area contributed by atoms with Gasteiger partial charge in [-0.1, -0.05) is 29.3 Å². The molecule has 134 valence electrons. The minimum absolute atomic E-state index is 0.125. The van der Waals surface area contributed by atoms with Gasteiger partial charge in [0.25, 0.3) is 11.5 Å². The highest BCUT2D eigenvalue weighted by molar-refractivity contribution is 6.35. The molecular formula is C18H10Cl2N4O3. The van der Waals surface area contributed by atoms with Crippen LogP contribution in [0.1, 0.15) is 5.56 Å². The standard InChI is InChI=1S/C18H10Cl2N4O3/c19-11-4-5-14(13(20)8-11)27-17-12(7-10(9-21)16(22)25)18(26)24-6-2-1-3-15(24)23-17/h1-8H,(H2,22,25). The maximum Gasteiger partial charge on any atom is 0.269 e. The summed E-state index contributed by atoms with van der Waals surface area (Å²) in [6, 6.07) is 11.1. The smallest absolute Gasteiger partial charge is 0.269 e. The predicted octanol–water partition coefficient (Wildman–Crippen LogP) is 3.19. The highest BCUT2D eigenvalue weighted by Gasteiger charge is 2.17. The maximum absolute atomic E-state index is 12.8. The fourth-order valence-electron chi connectivity index (χ4n) is 2.25. The summed E-state index contributed by atoms with van der Waals surface area (Å²) in [4.78, 5) is 28.5. The maximum atomic E-state index is 12.8. The lowest BCUT2D eigenvalue weighted by Gasteiger charge is -2.11. The van der Waals surface area contributed by atoms with Crippen molar-refractivity contribution >= 4 is 40.8 Å². The predicted molar refractivity (Wildman–Crippen MR) is 101 cm³/mol. The van der Waals surface area contributed by atoms with Gasteiger partial charge in [0.1, 0.15) is 28.6 Å². The Bertz CT molecular complexity index is 1200. The van der Waals surface area contributed by atoms with Crippen LogP contribution in [-0.2, 0) is 4.79 Å². The summed E-state index contributed by atoms with van der Waals surface area (Å²) < 4.78 is 6.94. The van der Waals surface area contributed by atoms with Gasteiger partial charge >= 0.3 is 0 Å². The van der Waals surface area contributed by atoms with Crippen LogP contribution in [0.5, 0.6) is 11.6 Å². The van der Waals surface area contributed by atoms with Crippen molar-refractivity contribution in [1.29, 1.82) is 5.26 Å². The molecule has 0 radical (unpaired) electrons. The number of nitrogens with two attached hydrogens (primary N) is 1. The van der Waals surface area contributed by atoms with Crippen LogP contribution >= 0.6 is 23.2 Å². The normalized spacial score (nSPS) is 11.2. The zero-order valence-electron chi connectivity index (χ0n) is 13.5. The third-order valence-electron chi connectivity index (χ3n) is 3.51. The quantitative estimate of drug-likeness (QED) is 0.533. The minimum Gasteiger partial charge on any atom is -0.437 e. The zero-order chi connectivity index (χ0) is 19.6. The molecule has 2 N–H and O–H groups in total. The second-order valence-electron chi connectivity index (χ2n) is 5.28. The Kier molecular flexibility index (Phi) is 5.12. The number of hydrogen-bond donors (Lipinski definition) is 1. The molecule has 27 heavy (non-hydrogen) atoms. The van der Waals surface area contributed by atoms with Crippen LogP contribution in [0.15, 0.2) is 53.0 Å². The van der Waals surface area contributed by atoms with E-state index in [1.165, 1.54) is 22.7 Å². The van der Waals surface area contributed by atoms with E-state index < -0.39 is 17.0 Å². The molecule has 0 aliphatic rings. The number of ether oxygens (including phenoxy) is 1. The van der Waals surface area contributed by atoms with E-state index in [2.05, 4.69) is 4.98 Å². The van der Waals surface area contributed by atoms with Gasteiger partial charge in [0.05, 0.1) is 5.02 Å². The number of primary amides is 1. The molecule has 1 aromatic carbocycles. The van der Waals surface area contributed by atoms with Crippen LogP contribution in [0, 0.1) is 11.3 Å². The molecule has 0 saturated carbocycles. The summed E-state index contributed by atoms with van der Waals surface area (Å²) in [6.07, 6.45) is 2.54. The van der Waals surface area contributed by atoms with Crippen molar-refractivity contribution in [3.8, 4) is 17.7 Å². The van der Waals surface area contributed by atoms with Crippen molar-refractivity contribution in [3.63, 3.8) is 0 Å². The van der Waals surface area contributed by atoms with Crippen LogP contribution in [0.25, 0.3) is 11.7 Å².